The minimum atomic E-state index is -0.178. The van der Waals surface area contributed by atoms with Gasteiger partial charge in [-0.05, 0) is 48.4 Å². The molecule has 3 aromatic rings. The molecule has 28 heavy (non-hydrogen) atoms. The van der Waals surface area contributed by atoms with E-state index in [9.17, 15) is 4.79 Å². The molecule has 0 unspecified atom stereocenters. The van der Waals surface area contributed by atoms with Crippen molar-refractivity contribution in [1.82, 2.24) is 15.3 Å². The van der Waals surface area contributed by atoms with Crippen molar-refractivity contribution in [3.8, 4) is 17.4 Å². The fraction of sp³-hybridized carbons (Fsp3) is 0.136. The zero-order valence-corrected chi connectivity index (χ0v) is 15.5. The fourth-order valence-electron chi connectivity index (χ4n) is 2.39. The molecule has 0 aliphatic rings. The lowest BCUT2D eigenvalue weighted by atomic mass is 10.2. The second kappa shape index (κ2) is 9.87. The molecule has 0 saturated carbocycles. The number of aromatic nitrogens is 2. The topological polar surface area (TPSA) is 73.3 Å². The maximum atomic E-state index is 11.9. The molecule has 0 aliphatic carbocycles. The van der Waals surface area contributed by atoms with Gasteiger partial charge in [0, 0.05) is 37.3 Å². The maximum absolute atomic E-state index is 11.9. The summed E-state index contributed by atoms with van der Waals surface area (Å²) in [4.78, 5) is 20.2. The first-order valence-corrected chi connectivity index (χ1v) is 8.95. The third-order valence-electron chi connectivity index (χ3n) is 3.76. The van der Waals surface area contributed by atoms with Crippen LogP contribution in [-0.2, 0) is 11.3 Å². The van der Waals surface area contributed by atoms with E-state index in [4.69, 9.17) is 9.47 Å². The van der Waals surface area contributed by atoms with E-state index in [2.05, 4.69) is 15.3 Å². The molecule has 1 amide bonds. The Bertz CT molecular complexity index is 925. The van der Waals surface area contributed by atoms with Crippen molar-refractivity contribution in [3.63, 3.8) is 0 Å². The third-order valence-corrected chi connectivity index (χ3v) is 3.76. The molecular weight excluding hydrogens is 354 g/mol. The Morgan fingerprint density at radius 3 is 2.57 bits per heavy atom. The van der Waals surface area contributed by atoms with Crippen LogP contribution in [0, 0.1) is 0 Å². The molecule has 142 valence electrons. The zero-order chi connectivity index (χ0) is 19.6. The fourth-order valence-corrected chi connectivity index (χ4v) is 2.39. The van der Waals surface area contributed by atoms with Crippen molar-refractivity contribution in [3.05, 3.63) is 84.3 Å². The molecule has 2 aromatic heterocycles. The van der Waals surface area contributed by atoms with Gasteiger partial charge in [0.05, 0.1) is 6.61 Å². The lowest BCUT2D eigenvalue weighted by molar-refractivity contribution is -0.116. The van der Waals surface area contributed by atoms with E-state index in [1.165, 1.54) is 6.08 Å². The monoisotopic (exact) mass is 375 g/mol. The number of rotatable bonds is 8. The van der Waals surface area contributed by atoms with Crippen molar-refractivity contribution < 1.29 is 14.3 Å². The smallest absolute Gasteiger partial charge is 0.244 e. The summed E-state index contributed by atoms with van der Waals surface area (Å²) in [5, 5.41) is 2.82. The quantitative estimate of drug-likeness (QED) is 0.603. The first-order chi connectivity index (χ1) is 13.7. The van der Waals surface area contributed by atoms with E-state index in [1.807, 2.05) is 49.4 Å². The van der Waals surface area contributed by atoms with Crippen LogP contribution in [0.25, 0.3) is 6.08 Å². The summed E-state index contributed by atoms with van der Waals surface area (Å²) >= 11 is 0. The molecule has 0 atom stereocenters. The van der Waals surface area contributed by atoms with Crippen LogP contribution in [-0.4, -0.2) is 22.5 Å². The molecule has 6 nitrogen and oxygen atoms in total. The van der Waals surface area contributed by atoms with E-state index in [1.54, 1.807) is 30.7 Å². The molecule has 0 radical (unpaired) electrons. The third kappa shape index (κ3) is 5.67. The van der Waals surface area contributed by atoms with Gasteiger partial charge in [-0.2, -0.15) is 0 Å². The Morgan fingerprint density at radius 2 is 1.86 bits per heavy atom. The Kier molecular flexibility index (Phi) is 6.73. The summed E-state index contributed by atoms with van der Waals surface area (Å²) in [6.45, 7) is 2.86. The second-order valence-corrected chi connectivity index (χ2v) is 5.82. The van der Waals surface area contributed by atoms with Crippen molar-refractivity contribution in [2.75, 3.05) is 6.61 Å². The molecule has 0 fully saturated rings. The Labute approximate surface area is 163 Å². The van der Waals surface area contributed by atoms with Crippen LogP contribution in [0.4, 0.5) is 0 Å². The number of para-hydroxylation sites is 2. The minimum Gasteiger partial charge on any atom is -0.490 e. The van der Waals surface area contributed by atoms with E-state index in [-0.39, 0.29) is 5.91 Å². The Morgan fingerprint density at radius 1 is 1.07 bits per heavy atom. The lowest BCUT2D eigenvalue weighted by Crippen LogP contribution is -2.20. The number of amides is 1. The van der Waals surface area contributed by atoms with Crippen LogP contribution in [0.5, 0.6) is 17.4 Å². The van der Waals surface area contributed by atoms with Gasteiger partial charge in [0.1, 0.15) is 0 Å². The average Bonchev–Trinajstić information content (AvgIpc) is 2.74. The summed E-state index contributed by atoms with van der Waals surface area (Å²) in [5.74, 6) is 1.56. The summed E-state index contributed by atoms with van der Waals surface area (Å²) in [6.07, 6.45) is 8.26. The van der Waals surface area contributed by atoms with Gasteiger partial charge in [0.2, 0.25) is 11.8 Å². The summed E-state index contributed by atoms with van der Waals surface area (Å²) < 4.78 is 11.3. The molecule has 0 spiro atoms. The average molecular weight is 375 g/mol. The number of carbonyl (C=O) groups excluding carboxylic acids is 1. The highest BCUT2D eigenvalue weighted by Gasteiger charge is 2.06. The van der Waals surface area contributed by atoms with E-state index in [0.29, 0.717) is 30.5 Å². The highest BCUT2D eigenvalue weighted by Crippen LogP contribution is 2.30. The van der Waals surface area contributed by atoms with Gasteiger partial charge in [-0.3, -0.25) is 9.78 Å². The molecule has 1 aromatic carbocycles. The minimum absolute atomic E-state index is 0.178. The van der Waals surface area contributed by atoms with Crippen LogP contribution >= 0.6 is 0 Å². The number of nitrogens with zero attached hydrogens (tertiary/aromatic N) is 2. The van der Waals surface area contributed by atoms with Gasteiger partial charge in [0.25, 0.3) is 0 Å². The SMILES string of the molecule is CCOc1ccccc1Oc1ccc(CNC(=O)/C=C/c2ccncc2)cn1. The highest BCUT2D eigenvalue weighted by molar-refractivity contribution is 5.91. The molecule has 0 saturated heterocycles. The molecule has 0 bridgehead atoms. The Balaban J connectivity index is 1.53. The molecular formula is C22H21N3O3. The van der Waals surface area contributed by atoms with Crippen LogP contribution in [0.15, 0.2) is 73.2 Å². The largest absolute Gasteiger partial charge is 0.490 e. The molecule has 3 rings (SSSR count). The molecule has 0 aliphatic heterocycles. The number of hydrogen-bond donors (Lipinski definition) is 1. The van der Waals surface area contributed by atoms with Gasteiger partial charge in [0.15, 0.2) is 11.5 Å². The first-order valence-electron chi connectivity index (χ1n) is 8.95. The molecule has 6 heteroatoms. The van der Waals surface area contributed by atoms with Crippen LogP contribution in [0.2, 0.25) is 0 Å². The number of carbonyl (C=O) groups is 1. The van der Waals surface area contributed by atoms with Gasteiger partial charge < -0.3 is 14.8 Å². The first kappa shape index (κ1) is 19.1. The van der Waals surface area contributed by atoms with Crippen LogP contribution in [0.1, 0.15) is 18.1 Å². The van der Waals surface area contributed by atoms with E-state index in [0.717, 1.165) is 11.1 Å². The normalized spacial score (nSPS) is 10.6. The number of ether oxygens (including phenoxy) is 2. The lowest BCUT2D eigenvalue weighted by Gasteiger charge is -2.10. The predicted octanol–water partition coefficient (Wildman–Crippen LogP) is 4.00. The number of nitrogens with one attached hydrogen (secondary N) is 1. The second-order valence-electron chi connectivity index (χ2n) is 5.82. The van der Waals surface area contributed by atoms with Gasteiger partial charge in [-0.25, -0.2) is 4.98 Å². The predicted molar refractivity (Wildman–Crippen MR) is 107 cm³/mol. The van der Waals surface area contributed by atoms with Gasteiger partial charge in [-0.1, -0.05) is 18.2 Å². The standard InChI is InChI=1S/C22H21N3O3/c1-2-27-19-5-3-4-6-20(19)28-22-10-8-18(16-25-22)15-24-21(26)9-7-17-11-13-23-14-12-17/h3-14,16H,2,15H2,1H3,(H,24,26)/b9-7+. The molecule has 2 heterocycles. The summed E-state index contributed by atoms with van der Waals surface area (Å²) in [6, 6.07) is 14.7. The maximum Gasteiger partial charge on any atom is 0.244 e. The van der Waals surface area contributed by atoms with E-state index >= 15 is 0 Å². The highest BCUT2D eigenvalue weighted by atomic mass is 16.5. The summed E-state index contributed by atoms with van der Waals surface area (Å²) in [7, 11) is 0. The Hall–Kier alpha value is -3.67. The van der Waals surface area contributed by atoms with Crippen molar-refractivity contribution in [1.29, 1.82) is 0 Å². The van der Waals surface area contributed by atoms with Crippen LogP contribution in [0.3, 0.4) is 0 Å². The van der Waals surface area contributed by atoms with Crippen LogP contribution < -0.4 is 14.8 Å². The van der Waals surface area contributed by atoms with E-state index < -0.39 is 0 Å². The number of benzene rings is 1. The number of pyridine rings is 2. The zero-order valence-electron chi connectivity index (χ0n) is 15.5. The van der Waals surface area contributed by atoms with Gasteiger partial charge in [-0.15, -0.1) is 0 Å². The number of hydrogen-bond acceptors (Lipinski definition) is 5. The van der Waals surface area contributed by atoms with Gasteiger partial charge >= 0.3 is 0 Å². The van der Waals surface area contributed by atoms with Crippen molar-refractivity contribution >= 4 is 12.0 Å². The van der Waals surface area contributed by atoms with Crippen molar-refractivity contribution in [2.24, 2.45) is 0 Å². The summed E-state index contributed by atoms with van der Waals surface area (Å²) in [5.41, 5.74) is 1.79. The van der Waals surface area contributed by atoms with Crippen molar-refractivity contribution in [2.45, 2.75) is 13.5 Å². The molecule has 1 N–H and O–H groups in total.